The van der Waals surface area contributed by atoms with E-state index in [1.807, 2.05) is 0 Å². The van der Waals surface area contributed by atoms with Gasteiger partial charge >= 0.3 is 5.97 Å². The second-order valence-corrected chi connectivity index (χ2v) is 4.68. The van der Waals surface area contributed by atoms with Crippen molar-refractivity contribution in [3.05, 3.63) is 21.6 Å². The lowest BCUT2D eigenvalue weighted by atomic mass is 10.1. The van der Waals surface area contributed by atoms with Crippen LogP contribution in [0.3, 0.4) is 0 Å². The van der Waals surface area contributed by atoms with Gasteiger partial charge in [0.1, 0.15) is 11.6 Å². The maximum Gasteiger partial charge on any atom is 0.327 e. The second-order valence-electron chi connectivity index (χ2n) is 4.31. The molecule has 1 heterocycles. The highest BCUT2D eigenvalue weighted by Gasteiger charge is 2.18. The summed E-state index contributed by atoms with van der Waals surface area (Å²) in [6, 6.07) is 0. The zero-order valence-electron chi connectivity index (χ0n) is 10.9. The molecule has 7 heteroatoms. The van der Waals surface area contributed by atoms with Crippen molar-refractivity contribution < 1.29 is 9.53 Å². The Balaban J connectivity index is 3.09. The van der Waals surface area contributed by atoms with E-state index in [4.69, 9.17) is 18.0 Å². The molecule has 0 saturated carbocycles. The van der Waals surface area contributed by atoms with Gasteiger partial charge in [0.15, 0.2) is 0 Å². The summed E-state index contributed by atoms with van der Waals surface area (Å²) >= 11 is 5.93. The van der Waals surface area contributed by atoms with Crippen molar-refractivity contribution in [3.8, 4) is 12.3 Å². The quantitative estimate of drug-likeness (QED) is 0.656. The fraction of sp³-hybridized carbons (Fsp3) is 0.417. The van der Waals surface area contributed by atoms with E-state index in [2.05, 4.69) is 21.1 Å². The molecule has 0 fully saturated rings. The van der Waals surface area contributed by atoms with Gasteiger partial charge in [0, 0.05) is 0 Å². The van der Waals surface area contributed by atoms with Crippen LogP contribution in [0.2, 0.25) is 5.02 Å². The van der Waals surface area contributed by atoms with E-state index in [1.165, 1.54) is 13.3 Å². The molecule has 1 aromatic rings. The van der Waals surface area contributed by atoms with Crippen LogP contribution in [0.1, 0.15) is 13.8 Å². The summed E-state index contributed by atoms with van der Waals surface area (Å²) in [4.78, 5) is 23.0. The topological polar surface area (TPSA) is 73.2 Å². The van der Waals surface area contributed by atoms with E-state index in [1.54, 1.807) is 13.8 Å². The predicted molar refractivity (Wildman–Crippen MR) is 72.1 cm³/mol. The van der Waals surface area contributed by atoms with E-state index < -0.39 is 17.1 Å². The number of hydrogen-bond donors (Lipinski definition) is 1. The van der Waals surface area contributed by atoms with Crippen molar-refractivity contribution >= 4 is 23.3 Å². The van der Waals surface area contributed by atoms with Crippen LogP contribution < -0.4 is 10.9 Å². The van der Waals surface area contributed by atoms with Crippen molar-refractivity contribution in [2.45, 2.75) is 25.9 Å². The number of esters is 1. The number of methoxy groups -OCH3 is 1. The predicted octanol–water partition coefficient (Wildman–Crippen LogP) is 0.893. The van der Waals surface area contributed by atoms with Gasteiger partial charge in [-0.15, -0.1) is 6.42 Å². The van der Waals surface area contributed by atoms with E-state index in [9.17, 15) is 9.59 Å². The van der Waals surface area contributed by atoms with Gasteiger partial charge < -0.3 is 10.1 Å². The first kappa shape index (κ1) is 15.1. The van der Waals surface area contributed by atoms with Gasteiger partial charge in [0.2, 0.25) is 0 Å². The number of rotatable bonds is 4. The van der Waals surface area contributed by atoms with Gasteiger partial charge in [-0.25, -0.2) is 4.68 Å². The average molecular weight is 284 g/mol. The Bertz CT molecular complexity index is 587. The Morgan fingerprint density at radius 2 is 2.32 bits per heavy atom. The molecular weight excluding hydrogens is 270 g/mol. The first-order valence-electron chi connectivity index (χ1n) is 5.39. The van der Waals surface area contributed by atoms with Crippen LogP contribution in [0, 0.1) is 12.3 Å². The highest BCUT2D eigenvalue weighted by molar-refractivity contribution is 6.33. The molecule has 19 heavy (non-hydrogen) atoms. The maximum absolute atomic E-state index is 11.9. The van der Waals surface area contributed by atoms with Crippen molar-refractivity contribution in [3.63, 3.8) is 0 Å². The number of nitrogens with zero attached hydrogens (tertiary/aromatic N) is 2. The van der Waals surface area contributed by atoms with Crippen LogP contribution in [-0.2, 0) is 16.1 Å². The summed E-state index contributed by atoms with van der Waals surface area (Å²) in [5, 5.41) is 6.66. The maximum atomic E-state index is 11.9. The van der Waals surface area contributed by atoms with Crippen molar-refractivity contribution in [1.82, 2.24) is 9.78 Å². The minimum Gasteiger partial charge on any atom is -0.468 e. The molecule has 0 aromatic carbocycles. The normalized spacial score (nSPS) is 10.7. The number of anilines is 1. The number of hydrogen-bond acceptors (Lipinski definition) is 5. The van der Waals surface area contributed by atoms with Crippen LogP contribution in [0.25, 0.3) is 0 Å². The van der Waals surface area contributed by atoms with Gasteiger partial charge in [0.05, 0.1) is 24.5 Å². The molecule has 0 aliphatic heterocycles. The molecule has 1 rings (SSSR count). The van der Waals surface area contributed by atoms with Crippen molar-refractivity contribution in [2.24, 2.45) is 0 Å². The molecule has 1 aromatic heterocycles. The molecule has 0 spiro atoms. The third-order valence-corrected chi connectivity index (χ3v) is 2.66. The lowest BCUT2D eigenvalue weighted by Gasteiger charge is -2.21. The standard InChI is InChI=1S/C12H14ClN3O3/c1-5-12(2,3)15-8-6-14-16(7-9(17)19-4)11(18)10(8)13/h1,6,15H,7H2,2-4H3. The average Bonchev–Trinajstić information content (AvgIpc) is 2.38. The van der Waals surface area contributed by atoms with Gasteiger partial charge in [-0.1, -0.05) is 17.5 Å². The van der Waals surface area contributed by atoms with E-state index >= 15 is 0 Å². The highest BCUT2D eigenvalue weighted by Crippen LogP contribution is 2.19. The third kappa shape index (κ3) is 3.73. The van der Waals surface area contributed by atoms with Gasteiger partial charge in [-0.05, 0) is 13.8 Å². The van der Waals surface area contributed by atoms with Crippen LogP contribution in [0.4, 0.5) is 5.69 Å². The Morgan fingerprint density at radius 1 is 1.68 bits per heavy atom. The van der Waals surface area contributed by atoms with Gasteiger partial charge in [0.25, 0.3) is 5.56 Å². The summed E-state index contributed by atoms with van der Waals surface area (Å²) in [6.07, 6.45) is 6.67. The molecule has 0 unspecified atom stereocenters. The fourth-order valence-electron chi connectivity index (χ4n) is 1.22. The number of carbonyl (C=O) groups excluding carboxylic acids is 1. The summed E-state index contributed by atoms with van der Waals surface area (Å²) in [6.45, 7) is 3.21. The summed E-state index contributed by atoms with van der Waals surface area (Å²) < 4.78 is 5.37. The Morgan fingerprint density at radius 3 is 2.84 bits per heavy atom. The molecule has 0 radical (unpaired) electrons. The van der Waals surface area contributed by atoms with Gasteiger partial charge in [-0.2, -0.15) is 5.10 Å². The number of halogens is 1. The summed E-state index contributed by atoms with van der Waals surface area (Å²) in [5.74, 6) is 1.92. The second kappa shape index (κ2) is 5.76. The lowest BCUT2D eigenvalue weighted by Crippen LogP contribution is -2.32. The first-order chi connectivity index (χ1) is 8.80. The molecule has 0 atom stereocenters. The number of nitrogens with one attached hydrogen (secondary N) is 1. The zero-order valence-corrected chi connectivity index (χ0v) is 11.6. The minimum atomic E-state index is -0.674. The van der Waals surface area contributed by atoms with Crippen molar-refractivity contribution in [1.29, 1.82) is 0 Å². The number of aromatic nitrogens is 2. The van der Waals surface area contributed by atoms with Crippen LogP contribution in [0.5, 0.6) is 0 Å². The van der Waals surface area contributed by atoms with E-state index in [0.717, 1.165) is 4.68 Å². The molecule has 0 amide bonds. The molecule has 1 N–H and O–H groups in total. The van der Waals surface area contributed by atoms with Crippen LogP contribution in [-0.4, -0.2) is 28.4 Å². The van der Waals surface area contributed by atoms with E-state index in [-0.39, 0.29) is 11.6 Å². The Hall–Kier alpha value is -2.00. The largest absolute Gasteiger partial charge is 0.468 e. The Labute approximate surface area is 115 Å². The lowest BCUT2D eigenvalue weighted by molar-refractivity contribution is -0.141. The van der Waals surface area contributed by atoms with Gasteiger partial charge in [-0.3, -0.25) is 9.59 Å². The molecule has 0 aliphatic rings. The van der Waals surface area contributed by atoms with E-state index in [0.29, 0.717) is 5.69 Å². The summed E-state index contributed by atoms with van der Waals surface area (Å²) in [7, 11) is 1.22. The number of carbonyl (C=O) groups is 1. The SMILES string of the molecule is C#CC(C)(C)Nc1cnn(CC(=O)OC)c(=O)c1Cl. The monoisotopic (exact) mass is 283 g/mol. The fourth-order valence-corrected chi connectivity index (χ4v) is 1.42. The molecule has 102 valence electrons. The molecule has 0 bridgehead atoms. The Kier molecular flexibility index (Phi) is 4.57. The minimum absolute atomic E-state index is 0.0813. The van der Waals surface area contributed by atoms with Crippen molar-refractivity contribution in [2.75, 3.05) is 12.4 Å². The smallest absolute Gasteiger partial charge is 0.327 e. The highest BCUT2D eigenvalue weighted by atomic mass is 35.5. The number of ether oxygens (including phenoxy) is 1. The molecule has 6 nitrogen and oxygen atoms in total. The van der Waals surface area contributed by atoms with Crippen LogP contribution >= 0.6 is 11.6 Å². The molecular formula is C12H14ClN3O3. The first-order valence-corrected chi connectivity index (χ1v) is 5.77. The molecule has 0 aliphatic carbocycles. The third-order valence-electron chi connectivity index (χ3n) is 2.30. The van der Waals surface area contributed by atoms with Crippen LogP contribution in [0.15, 0.2) is 11.0 Å². The summed E-state index contributed by atoms with van der Waals surface area (Å²) in [5.41, 5.74) is -0.952. The molecule has 0 saturated heterocycles. The zero-order chi connectivity index (χ0) is 14.6. The number of terminal acetylenes is 1.